The monoisotopic (exact) mass is 232 g/mol. The van der Waals surface area contributed by atoms with Crippen LogP contribution < -0.4 is 5.73 Å². The summed E-state index contributed by atoms with van der Waals surface area (Å²) in [6.45, 7) is 4.30. The molecule has 0 saturated heterocycles. The number of rotatable bonds is 4. The van der Waals surface area contributed by atoms with E-state index in [0.717, 1.165) is 6.04 Å². The average molecular weight is 232 g/mol. The maximum absolute atomic E-state index is 6.21. The van der Waals surface area contributed by atoms with Crippen LogP contribution in [0.3, 0.4) is 0 Å². The van der Waals surface area contributed by atoms with Crippen molar-refractivity contribution < 1.29 is 0 Å². The van der Waals surface area contributed by atoms with Crippen molar-refractivity contribution in [3.8, 4) is 0 Å². The fraction of sp³-hybridized carbons (Fsp3) is 0.600. The predicted octanol–water partition coefficient (Wildman–Crippen LogP) is 2.87. The number of benzene rings is 1. The summed E-state index contributed by atoms with van der Waals surface area (Å²) in [5, 5.41) is 0. The lowest BCUT2D eigenvalue weighted by Crippen LogP contribution is -2.45. The van der Waals surface area contributed by atoms with Gasteiger partial charge in [-0.1, -0.05) is 30.7 Å². The number of hydrogen-bond donors (Lipinski definition) is 1. The first kappa shape index (κ1) is 12.6. The summed E-state index contributed by atoms with van der Waals surface area (Å²) in [4.78, 5) is 2.48. The van der Waals surface area contributed by atoms with E-state index in [9.17, 15) is 0 Å². The fourth-order valence-corrected chi connectivity index (χ4v) is 2.81. The van der Waals surface area contributed by atoms with E-state index in [2.05, 4.69) is 50.1 Å². The van der Waals surface area contributed by atoms with E-state index >= 15 is 0 Å². The van der Waals surface area contributed by atoms with Crippen molar-refractivity contribution in [3.05, 3.63) is 35.4 Å². The molecule has 0 heterocycles. The van der Waals surface area contributed by atoms with Crippen LogP contribution in [0.4, 0.5) is 0 Å². The van der Waals surface area contributed by atoms with Crippen molar-refractivity contribution in [3.63, 3.8) is 0 Å². The van der Waals surface area contributed by atoms with Crippen LogP contribution >= 0.6 is 0 Å². The highest BCUT2D eigenvalue weighted by atomic mass is 15.2. The van der Waals surface area contributed by atoms with Gasteiger partial charge in [0.15, 0.2) is 0 Å². The molecule has 1 aromatic rings. The van der Waals surface area contributed by atoms with Gasteiger partial charge in [0.05, 0.1) is 0 Å². The molecule has 2 heteroatoms. The molecule has 2 N–H and O–H groups in total. The Hall–Kier alpha value is -0.860. The molecule has 2 atom stereocenters. The van der Waals surface area contributed by atoms with Gasteiger partial charge in [-0.2, -0.15) is 0 Å². The molecule has 0 radical (unpaired) electrons. The molecule has 1 aliphatic rings. The highest BCUT2D eigenvalue weighted by Gasteiger charge is 2.30. The van der Waals surface area contributed by atoms with E-state index in [1.54, 1.807) is 0 Å². The van der Waals surface area contributed by atoms with Crippen LogP contribution in [-0.2, 0) is 0 Å². The van der Waals surface area contributed by atoms with Crippen molar-refractivity contribution in [2.45, 2.75) is 51.2 Å². The van der Waals surface area contributed by atoms with Crippen LogP contribution in [0.15, 0.2) is 24.3 Å². The molecule has 17 heavy (non-hydrogen) atoms. The third kappa shape index (κ3) is 2.53. The van der Waals surface area contributed by atoms with Crippen molar-refractivity contribution in [2.75, 3.05) is 7.05 Å². The first-order chi connectivity index (χ1) is 8.11. The summed E-state index contributed by atoms with van der Waals surface area (Å²) in [7, 11) is 2.23. The summed E-state index contributed by atoms with van der Waals surface area (Å²) in [6.07, 6.45) is 4.02. The third-order valence-electron chi connectivity index (χ3n) is 4.09. The summed E-state index contributed by atoms with van der Waals surface area (Å²) in [5.41, 5.74) is 8.95. The van der Waals surface area contributed by atoms with Gasteiger partial charge >= 0.3 is 0 Å². The van der Waals surface area contributed by atoms with Gasteiger partial charge < -0.3 is 5.73 Å². The molecule has 94 valence electrons. The molecule has 0 bridgehead atoms. The molecule has 0 spiro atoms. The third-order valence-corrected chi connectivity index (χ3v) is 4.09. The van der Waals surface area contributed by atoms with Gasteiger partial charge in [-0.25, -0.2) is 0 Å². The Morgan fingerprint density at radius 2 is 1.94 bits per heavy atom. The lowest BCUT2D eigenvalue weighted by atomic mass is 9.87. The highest BCUT2D eigenvalue weighted by Crippen LogP contribution is 2.33. The number of hydrogen-bond acceptors (Lipinski definition) is 2. The summed E-state index contributed by atoms with van der Waals surface area (Å²) < 4.78 is 0. The van der Waals surface area contributed by atoms with E-state index in [1.165, 1.54) is 30.4 Å². The lowest BCUT2D eigenvalue weighted by molar-refractivity contribution is 0.0976. The van der Waals surface area contributed by atoms with Gasteiger partial charge in [0.1, 0.15) is 0 Å². The van der Waals surface area contributed by atoms with Crippen LogP contribution in [0, 0.1) is 6.92 Å². The van der Waals surface area contributed by atoms with Gasteiger partial charge in [0.2, 0.25) is 0 Å². The van der Waals surface area contributed by atoms with Gasteiger partial charge in [-0.3, -0.25) is 4.90 Å². The molecule has 0 amide bonds. The van der Waals surface area contributed by atoms with Crippen molar-refractivity contribution in [2.24, 2.45) is 5.73 Å². The summed E-state index contributed by atoms with van der Waals surface area (Å²) >= 11 is 0. The number of likely N-dealkylation sites (N-methyl/N-ethyl adjacent to an activating group) is 1. The Balaban J connectivity index is 2.25. The quantitative estimate of drug-likeness (QED) is 0.865. The maximum atomic E-state index is 6.21. The second-order valence-corrected chi connectivity index (χ2v) is 5.41. The van der Waals surface area contributed by atoms with Gasteiger partial charge in [0, 0.05) is 18.1 Å². The second kappa shape index (κ2) is 5.19. The van der Waals surface area contributed by atoms with E-state index in [1.807, 2.05) is 0 Å². The minimum atomic E-state index is 0.168. The van der Waals surface area contributed by atoms with Gasteiger partial charge in [-0.05, 0) is 44.9 Å². The van der Waals surface area contributed by atoms with Gasteiger partial charge in [0.25, 0.3) is 0 Å². The highest BCUT2D eigenvalue weighted by molar-refractivity contribution is 5.30. The average Bonchev–Trinajstić information content (AvgIpc) is 2.18. The molecule has 2 nitrogen and oxygen atoms in total. The smallest absolute Gasteiger partial charge is 0.0498 e. The normalized spacial score (nSPS) is 20.1. The fourth-order valence-electron chi connectivity index (χ4n) is 2.81. The van der Waals surface area contributed by atoms with Crippen LogP contribution in [0.25, 0.3) is 0 Å². The zero-order chi connectivity index (χ0) is 12.4. The van der Waals surface area contributed by atoms with E-state index in [4.69, 9.17) is 5.73 Å². The Morgan fingerprint density at radius 1 is 1.29 bits per heavy atom. The SMILES string of the molecule is Cc1ccccc1C(C(C)N)N(C)C1CCC1. The van der Waals surface area contributed by atoms with Crippen LogP contribution in [-0.4, -0.2) is 24.0 Å². The first-order valence-electron chi connectivity index (χ1n) is 6.64. The number of nitrogens with two attached hydrogens (primary N) is 1. The van der Waals surface area contributed by atoms with E-state index in [0.29, 0.717) is 6.04 Å². The molecule has 2 rings (SSSR count). The summed E-state index contributed by atoms with van der Waals surface area (Å²) in [6, 6.07) is 9.86. The van der Waals surface area contributed by atoms with Crippen molar-refractivity contribution in [1.29, 1.82) is 0 Å². The molecule has 1 aliphatic carbocycles. The van der Waals surface area contributed by atoms with Crippen LogP contribution in [0.2, 0.25) is 0 Å². The largest absolute Gasteiger partial charge is 0.326 e. The first-order valence-corrected chi connectivity index (χ1v) is 6.64. The van der Waals surface area contributed by atoms with Crippen molar-refractivity contribution in [1.82, 2.24) is 4.90 Å². The van der Waals surface area contributed by atoms with Crippen molar-refractivity contribution >= 4 is 0 Å². The molecule has 1 saturated carbocycles. The lowest BCUT2D eigenvalue weighted by Gasteiger charge is -2.42. The Labute approximate surface area is 105 Å². The number of nitrogens with zero attached hydrogens (tertiary/aromatic N) is 1. The minimum absolute atomic E-state index is 0.168. The topological polar surface area (TPSA) is 29.3 Å². The Morgan fingerprint density at radius 3 is 2.41 bits per heavy atom. The number of aryl methyl sites for hydroxylation is 1. The molecule has 1 aromatic carbocycles. The minimum Gasteiger partial charge on any atom is -0.326 e. The molecular weight excluding hydrogens is 208 g/mol. The molecule has 0 aliphatic heterocycles. The Kier molecular flexibility index (Phi) is 3.85. The zero-order valence-electron chi connectivity index (χ0n) is 11.2. The Bertz CT molecular complexity index is 369. The molecule has 1 fully saturated rings. The predicted molar refractivity (Wildman–Crippen MR) is 73.0 cm³/mol. The molecule has 2 unspecified atom stereocenters. The maximum Gasteiger partial charge on any atom is 0.0498 e. The van der Waals surface area contributed by atoms with Crippen LogP contribution in [0.5, 0.6) is 0 Å². The van der Waals surface area contributed by atoms with Gasteiger partial charge in [-0.15, -0.1) is 0 Å². The standard InChI is InChI=1S/C15H24N2/c1-11-7-4-5-10-14(11)15(12(2)16)17(3)13-8-6-9-13/h4-5,7,10,12-13,15H,6,8-9,16H2,1-3H3. The molecule has 0 aromatic heterocycles. The summed E-state index contributed by atoms with van der Waals surface area (Å²) in [5.74, 6) is 0. The van der Waals surface area contributed by atoms with E-state index in [-0.39, 0.29) is 6.04 Å². The van der Waals surface area contributed by atoms with E-state index < -0.39 is 0 Å². The molecular formula is C15H24N2. The van der Waals surface area contributed by atoms with Crippen LogP contribution in [0.1, 0.15) is 43.4 Å². The zero-order valence-corrected chi connectivity index (χ0v) is 11.2. The second-order valence-electron chi connectivity index (χ2n) is 5.41.